The minimum absolute atomic E-state index is 0.288. The third-order valence-electron chi connectivity index (χ3n) is 3.04. The Labute approximate surface area is 101 Å². The van der Waals surface area contributed by atoms with E-state index in [0.29, 0.717) is 0 Å². The van der Waals surface area contributed by atoms with Crippen molar-refractivity contribution in [1.29, 1.82) is 0 Å². The van der Waals surface area contributed by atoms with Gasteiger partial charge in [-0.15, -0.1) is 0 Å². The van der Waals surface area contributed by atoms with E-state index in [1.807, 2.05) is 18.2 Å². The van der Waals surface area contributed by atoms with Crippen molar-refractivity contribution in [1.82, 2.24) is 0 Å². The Balaban J connectivity index is 2.38. The van der Waals surface area contributed by atoms with Gasteiger partial charge in [-0.1, -0.05) is 6.07 Å². The molecule has 0 N–H and O–H groups in total. The summed E-state index contributed by atoms with van der Waals surface area (Å²) in [6, 6.07) is 5.98. The molecule has 0 atom stereocenters. The van der Waals surface area contributed by atoms with E-state index in [9.17, 15) is 4.79 Å². The molecule has 0 fully saturated rings. The standard InChI is InChI=1S/C14H16O3/c1-16-12-6-7-13-10(8-12)4-3-5-11(13)9-14(15)17-2/h6-9H,3-5H2,1-2H3/b11-9-. The smallest absolute Gasteiger partial charge is 0.330 e. The number of hydrogen-bond acceptors (Lipinski definition) is 3. The van der Waals surface area contributed by atoms with E-state index in [1.54, 1.807) is 13.2 Å². The molecule has 0 aliphatic heterocycles. The summed E-state index contributed by atoms with van der Waals surface area (Å²) in [6.45, 7) is 0. The van der Waals surface area contributed by atoms with Gasteiger partial charge in [0.25, 0.3) is 0 Å². The maximum atomic E-state index is 11.3. The molecule has 2 rings (SSSR count). The van der Waals surface area contributed by atoms with Crippen molar-refractivity contribution >= 4 is 11.5 Å². The molecule has 0 bridgehead atoms. The van der Waals surface area contributed by atoms with Crippen LogP contribution in [0, 0.1) is 0 Å². The highest BCUT2D eigenvalue weighted by Crippen LogP contribution is 2.32. The van der Waals surface area contributed by atoms with Gasteiger partial charge in [0.05, 0.1) is 14.2 Å². The zero-order valence-electron chi connectivity index (χ0n) is 10.2. The lowest BCUT2D eigenvalue weighted by molar-refractivity contribution is -0.134. The van der Waals surface area contributed by atoms with Crippen molar-refractivity contribution in [2.75, 3.05) is 14.2 Å². The van der Waals surface area contributed by atoms with Gasteiger partial charge < -0.3 is 9.47 Å². The molecule has 1 aromatic carbocycles. The van der Waals surface area contributed by atoms with Crippen LogP contribution in [-0.2, 0) is 16.0 Å². The predicted molar refractivity (Wildman–Crippen MR) is 65.9 cm³/mol. The van der Waals surface area contributed by atoms with Crippen LogP contribution in [0.25, 0.3) is 5.57 Å². The van der Waals surface area contributed by atoms with E-state index < -0.39 is 0 Å². The first-order valence-corrected chi connectivity index (χ1v) is 5.70. The van der Waals surface area contributed by atoms with Crippen molar-refractivity contribution in [3.05, 3.63) is 35.4 Å². The maximum absolute atomic E-state index is 11.3. The molecule has 0 amide bonds. The third-order valence-corrected chi connectivity index (χ3v) is 3.04. The Morgan fingerprint density at radius 1 is 1.29 bits per heavy atom. The van der Waals surface area contributed by atoms with Gasteiger partial charge in [0, 0.05) is 6.08 Å². The van der Waals surface area contributed by atoms with E-state index in [4.69, 9.17) is 4.74 Å². The summed E-state index contributed by atoms with van der Waals surface area (Å²) in [4.78, 5) is 11.3. The van der Waals surface area contributed by atoms with Crippen molar-refractivity contribution in [2.45, 2.75) is 19.3 Å². The fourth-order valence-corrected chi connectivity index (χ4v) is 2.17. The van der Waals surface area contributed by atoms with Gasteiger partial charge in [-0.25, -0.2) is 4.79 Å². The van der Waals surface area contributed by atoms with Gasteiger partial charge in [0.15, 0.2) is 0 Å². The van der Waals surface area contributed by atoms with Gasteiger partial charge in [0.1, 0.15) is 5.75 Å². The average molecular weight is 232 g/mol. The molecule has 0 saturated heterocycles. The van der Waals surface area contributed by atoms with Gasteiger partial charge in [0.2, 0.25) is 0 Å². The molecular weight excluding hydrogens is 216 g/mol. The lowest BCUT2D eigenvalue weighted by Crippen LogP contribution is -2.05. The molecule has 0 saturated carbocycles. The fraction of sp³-hybridized carbons (Fsp3) is 0.357. The topological polar surface area (TPSA) is 35.5 Å². The van der Waals surface area contributed by atoms with E-state index in [-0.39, 0.29) is 5.97 Å². The molecule has 1 aliphatic carbocycles. The van der Waals surface area contributed by atoms with E-state index in [0.717, 1.165) is 36.1 Å². The normalized spacial score (nSPS) is 16.5. The van der Waals surface area contributed by atoms with Gasteiger partial charge >= 0.3 is 5.97 Å². The summed E-state index contributed by atoms with van der Waals surface area (Å²) in [7, 11) is 3.06. The van der Waals surface area contributed by atoms with Crippen LogP contribution in [0.15, 0.2) is 24.3 Å². The molecule has 0 unspecified atom stereocenters. The number of allylic oxidation sites excluding steroid dienone is 1. The summed E-state index contributed by atoms with van der Waals surface area (Å²) in [5.74, 6) is 0.576. The number of hydrogen-bond donors (Lipinski definition) is 0. The largest absolute Gasteiger partial charge is 0.497 e. The highest BCUT2D eigenvalue weighted by Gasteiger charge is 2.15. The van der Waals surface area contributed by atoms with Crippen molar-refractivity contribution in [3.8, 4) is 5.75 Å². The van der Waals surface area contributed by atoms with Crippen LogP contribution in [-0.4, -0.2) is 20.2 Å². The van der Waals surface area contributed by atoms with Crippen molar-refractivity contribution in [2.24, 2.45) is 0 Å². The Hall–Kier alpha value is -1.77. The van der Waals surface area contributed by atoms with Crippen LogP contribution in [0.3, 0.4) is 0 Å². The number of aryl methyl sites for hydroxylation is 1. The molecule has 0 heterocycles. The second-order valence-electron chi connectivity index (χ2n) is 4.07. The average Bonchev–Trinajstić information content (AvgIpc) is 2.38. The third kappa shape index (κ3) is 2.49. The molecule has 17 heavy (non-hydrogen) atoms. The molecule has 0 radical (unpaired) electrons. The summed E-state index contributed by atoms with van der Waals surface area (Å²) < 4.78 is 9.88. The number of fused-ring (bicyclic) bond motifs is 1. The quantitative estimate of drug-likeness (QED) is 0.580. The molecule has 1 aromatic rings. The van der Waals surface area contributed by atoms with E-state index >= 15 is 0 Å². The van der Waals surface area contributed by atoms with Gasteiger partial charge in [-0.3, -0.25) is 0 Å². The van der Waals surface area contributed by atoms with Crippen LogP contribution >= 0.6 is 0 Å². The second kappa shape index (κ2) is 5.04. The summed E-state index contributed by atoms with van der Waals surface area (Å²) in [6.07, 6.45) is 4.60. The first kappa shape index (κ1) is 11.7. The van der Waals surface area contributed by atoms with E-state index in [1.165, 1.54) is 12.7 Å². The molecule has 90 valence electrons. The number of ether oxygens (including phenoxy) is 2. The van der Waals surface area contributed by atoms with Crippen LogP contribution in [0.4, 0.5) is 0 Å². The highest BCUT2D eigenvalue weighted by molar-refractivity contribution is 5.92. The lowest BCUT2D eigenvalue weighted by atomic mass is 9.87. The predicted octanol–water partition coefficient (Wildman–Crippen LogP) is 2.59. The minimum Gasteiger partial charge on any atom is -0.497 e. The first-order valence-electron chi connectivity index (χ1n) is 5.70. The summed E-state index contributed by atoms with van der Waals surface area (Å²) in [5, 5.41) is 0. The van der Waals surface area contributed by atoms with Gasteiger partial charge in [-0.05, 0) is 48.1 Å². The molecule has 3 nitrogen and oxygen atoms in total. The van der Waals surface area contributed by atoms with Crippen LogP contribution in [0.5, 0.6) is 5.75 Å². The van der Waals surface area contributed by atoms with Crippen LogP contribution < -0.4 is 4.74 Å². The number of carbonyl (C=O) groups excluding carboxylic acids is 1. The Morgan fingerprint density at radius 3 is 2.82 bits per heavy atom. The Kier molecular flexibility index (Phi) is 3.47. The second-order valence-corrected chi connectivity index (χ2v) is 4.07. The summed E-state index contributed by atoms with van der Waals surface area (Å²) >= 11 is 0. The first-order chi connectivity index (χ1) is 8.24. The highest BCUT2D eigenvalue weighted by atomic mass is 16.5. The van der Waals surface area contributed by atoms with Crippen molar-refractivity contribution in [3.63, 3.8) is 0 Å². The van der Waals surface area contributed by atoms with Crippen LogP contribution in [0.2, 0.25) is 0 Å². The molecule has 0 spiro atoms. The summed E-state index contributed by atoms with van der Waals surface area (Å²) in [5.41, 5.74) is 3.44. The Bertz CT molecular complexity index is 461. The lowest BCUT2D eigenvalue weighted by Gasteiger charge is -2.19. The van der Waals surface area contributed by atoms with Crippen molar-refractivity contribution < 1.29 is 14.3 Å². The number of carbonyl (C=O) groups is 1. The number of esters is 1. The van der Waals surface area contributed by atoms with Crippen LogP contribution in [0.1, 0.15) is 24.0 Å². The maximum Gasteiger partial charge on any atom is 0.330 e. The minimum atomic E-state index is -0.288. The monoisotopic (exact) mass is 232 g/mol. The zero-order valence-corrected chi connectivity index (χ0v) is 10.2. The molecule has 1 aliphatic rings. The molecule has 0 aromatic heterocycles. The zero-order chi connectivity index (χ0) is 12.3. The SMILES string of the molecule is COC(=O)/C=C1/CCCc2cc(OC)ccc21. The number of benzene rings is 1. The van der Waals surface area contributed by atoms with Gasteiger partial charge in [-0.2, -0.15) is 0 Å². The number of methoxy groups -OCH3 is 2. The molecule has 3 heteroatoms. The number of rotatable bonds is 2. The van der Waals surface area contributed by atoms with E-state index in [2.05, 4.69) is 4.74 Å². The Morgan fingerprint density at radius 2 is 2.12 bits per heavy atom. The fourth-order valence-electron chi connectivity index (χ4n) is 2.17. The molecular formula is C14H16O3.